The van der Waals surface area contributed by atoms with E-state index in [1.165, 1.54) is 6.07 Å². The molecule has 1 aromatic rings. The van der Waals surface area contributed by atoms with Crippen molar-refractivity contribution in [3.63, 3.8) is 0 Å². The van der Waals surface area contributed by atoms with Crippen LogP contribution in [0.2, 0.25) is 0 Å². The third-order valence-electron chi connectivity index (χ3n) is 4.08. The molecule has 2 saturated heterocycles. The number of rotatable bonds is 1. The second-order valence-corrected chi connectivity index (χ2v) is 5.33. The van der Waals surface area contributed by atoms with Crippen molar-refractivity contribution in [1.82, 2.24) is 10.2 Å². The Kier molecular flexibility index (Phi) is 3.14. The summed E-state index contributed by atoms with van der Waals surface area (Å²) in [7, 11) is 0. The van der Waals surface area contributed by atoms with Crippen molar-refractivity contribution in [2.24, 2.45) is 5.92 Å². The number of likely N-dealkylation sites (tertiary alicyclic amines) is 1. The largest absolute Gasteiger partial charge is 0.507 e. The standard InChI is InChI=1S/C14H17FN2O2/c15-10-3-4-13(18)11(6-10)14(19)17-7-9-2-1-5-16-12(9)8-17/h3-4,6,9,12,16,18H,1-2,5,7-8H2. The van der Waals surface area contributed by atoms with Crippen molar-refractivity contribution in [1.29, 1.82) is 0 Å². The molecule has 0 aliphatic carbocycles. The van der Waals surface area contributed by atoms with Gasteiger partial charge in [0.25, 0.3) is 5.91 Å². The second kappa shape index (κ2) is 4.81. The highest BCUT2D eigenvalue weighted by atomic mass is 19.1. The summed E-state index contributed by atoms with van der Waals surface area (Å²) in [6, 6.07) is 3.82. The lowest BCUT2D eigenvalue weighted by Crippen LogP contribution is -2.41. The second-order valence-electron chi connectivity index (χ2n) is 5.33. The average molecular weight is 264 g/mol. The minimum atomic E-state index is -0.504. The number of aromatic hydroxyl groups is 1. The Morgan fingerprint density at radius 1 is 1.42 bits per heavy atom. The molecule has 2 heterocycles. The number of carbonyl (C=O) groups excluding carboxylic acids is 1. The smallest absolute Gasteiger partial charge is 0.257 e. The molecule has 1 amide bonds. The van der Waals surface area contributed by atoms with E-state index in [0.29, 0.717) is 25.0 Å². The summed E-state index contributed by atoms with van der Waals surface area (Å²) in [6.07, 6.45) is 2.25. The van der Waals surface area contributed by atoms with Gasteiger partial charge in [0.2, 0.25) is 0 Å². The zero-order valence-electron chi connectivity index (χ0n) is 10.6. The van der Waals surface area contributed by atoms with E-state index in [1.54, 1.807) is 4.90 Å². The molecule has 5 heteroatoms. The minimum Gasteiger partial charge on any atom is -0.507 e. The number of piperidine rings is 1. The van der Waals surface area contributed by atoms with Crippen LogP contribution in [-0.2, 0) is 0 Å². The fraction of sp³-hybridized carbons (Fsp3) is 0.500. The zero-order valence-corrected chi connectivity index (χ0v) is 10.6. The number of carbonyl (C=O) groups is 1. The Bertz CT molecular complexity index is 492. The van der Waals surface area contributed by atoms with Gasteiger partial charge in [-0.3, -0.25) is 4.79 Å². The molecule has 2 atom stereocenters. The number of amides is 1. The number of fused-ring (bicyclic) bond motifs is 1. The van der Waals surface area contributed by atoms with Crippen LogP contribution >= 0.6 is 0 Å². The van der Waals surface area contributed by atoms with Crippen LogP contribution in [0.15, 0.2) is 18.2 Å². The van der Waals surface area contributed by atoms with E-state index in [4.69, 9.17) is 0 Å². The van der Waals surface area contributed by atoms with Gasteiger partial charge in [-0.1, -0.05) is 0 Å². The first kappa shape index (κ1) is 12.4. The van der Waals surface area contributed by atoms with Crippen molar-refractivity contribution in [3.8, 4) is 5.75 Å². The average Bonchev–Trinajstić information content (AvgIpc) is 2.84. The van der Waals surface area contributed by atoms with Gasteiger partial charge >= 0.3 is 0 Å². The maximum Gasteiger partial charge on any atom is 0.257 e. The van der Waals surface area contributed by atoms with E-state index in [-0.39, 0.29) is 17.2 Å². The molecule has 1 aromatic carbocycles. The molecule has 3 rings (SSSR count). The Hall–Kier alpha value is -1.62. The van der Waals surface area contributed by atoms with Crippen molar-refractivity contribution in [2.75, 3.05) is 19.6 Å². The number of hydrogen-bond donors (Lipinski definition) is 2. The molecule has 2 unspecified atom stereocenters. The zero-order chi connectivity index (χ0) is 13.4. The molecule has 2 aliphatic rings. The molecule has 0 radical (unpaired) electrons. The van der Waals surface area contributed by atoms with E-state index in [2.05, 4.69) is 5.32 Å². The third kappa shape index (κ3) is 2.30. The monoisotopic (exact) mass is 264 g/mol. The topological polar surface area (TPSA) is 52.6 Å². The summed E-state index contributed by atoms with van der Waals surface area (Å²) in [6.45, 7) is 2.32. The summed E-state index contributed by atoms with van der Waals surface area (Å²) in [5, 5.41) is 13.1. The normalized spacial score (nSPS) is 26.3. The first-order valence-electron chi connectivity index (χ1n) is 6.66. The molecule has 2 N–H and O–H groups in total. The van der Waals surface area contributed by atoms with Crippen molar-refractivity contribution < 1.29 is 14.3 Å². The first-order chi connectivity index (χ1) is 9.15. The quantitative estimate of drug-likeness (QED) is 0.805. The fourth-order valence-corrected chi connectivity index (χ4v) is 3.06. The highest BCUT2D eigenvalue weighted by Gasteiger charge is 2.37. The van der Waals surface area contributed by atoms with Crippen LogP contribution in [0.3, 0.4) is 0 Å². The Balaban J connectivity index is 1.79. The number of hydrogen-bond acceptors (Lipinski definition) is 3. The van der Waals surface area contributed by atoms with E-state index >= 15 is 0 Å². The number of nitrogens with zero attached hydrogens (tertiary/aromatic N) is 1. The Labute approximate surface area is 111 Å². The molecular formula is C14H17FN2O2. The molecule has 2 fully saturated rings. The predicted molar refractivity (Wildman–Crippen MR) is 68.5 cm³/mol. The summed E-state index contributed by atoms with van der Waals surface area (Å²) in [4.78, 5) is 14.0. The Morgan fingerprint density at radius 3 is 3.05 bits per heavy atom. The minimum absolute atomic E-state index is 0.0543. The number of phenolic OH excluding ortho intramolecular Hbond substituents is 1. The fourth-order valence-electron chi connectivity index (χ4n) is 3.06. The highest BCUT2D eigenvalue weighted by Crippen LogP contribution is 2.28. The van der Waals surface area contributed by atoms with Gasteiger partial charge in [-0.2, -0.15) is 0 Å². The molecule has 0 bridgehead atoms. The summed E-state index contributed by atoms with van der Waals surface area (Å²) in [5.74, 6) is -0.466. The molecule has 19 heavy (non-hydrogen) atoms. The van der Waals surface area contributed by atoms with E-state index in [9.17, 15) is 14.3 Å². The number of halogens is 1. The summed E-state index contributed by atoms with van der Waals surface area (Å²) < 4.78 is 13.2. The molecule has 2 aliphatic heterocycles. The van der Waals surface area contributed by atoms with Gasteiger partial charge in [0, 0.05) is 19.1 Å². The van der Waals surface area contributed by atoms with Crippen LogP contribution in [0.5, 0.6) is 5.75 Å². The van der Waals surface area contributed by atoms with E-state index in [0.717, 1.165) is 31.5 Å². The molecular weight excluding hydrogens is 247 g/mol. The van der Waals surface area contributed by atoms with Crippen LogP contribution in [-0.4, -0.2) is 41.6 Å². The molecule has 0 saturated carbocycles. The van der Waals surface area contributed by atoms with Gasteiger partial charge < -0.3 is 15.3 Å². The lowest BCUT2D eigenvalue weighted by Gasteiger charge is -2.24. The summed E-state index contributed by atoms with van der Waals surface area (Å²) in [5.41, 5.74) is 0.0543. The van der Waals surface area contributed by atoms with Crippen LogP contribution in [0.1, 0.15) is 23.2 Å². The van der Waals surface area contributed by atoms with Crippen molar-refractivity contribution in [2.45, 2.75) is 18.9 Å². The maximum atomic E-state index is 13.2. The van der Waals surface area contributed by atoms with E-state index in [1.807, 2.05) is 0 Å². The third-order valence-corrected chi connectivity index (χ3v) is 4.08. The number of benzene rings is 1. The van der Waals surface area contributed by atoms with Gasteiger partial charge in [-0.25, -0.2) is 4.39 Å². The molecule has 102 valence electrons. The highest BCUT2D eigenvalue weighted by molar-refractivity contribution is 5.97. The molecule has 4 nitrogen and oxygen atoms in total. The Morgan fingerprint density at radius 2 is 2.26 bits per heavy atom. The van der Waals surface area contributed by atoms with Gasteiger partial charge in [0.05, 0.1) is 5.56 Å². The lowest BCUT2D eigenvalue weighted by atomic mass is 9.94. The van der Waals surface area contributed by atoms with Crippen LogP contribution < -0.4 is 5.32 Å². The van der Waals surface area contributed by atoms with Crippen LogP contribution in [0.4, 0.5) is 4.39 Å². The van der Waals surface area contributed by atoms with Crippen molar-refractivity contribution >= 4 is 5.91 Å². The maximum absolute atomic E-state index is 13.2. The molecule has 0 aromatic heterocycles. The SMILES string of the molecule is O=C(c1cc(F)ccc1O)N1CC2CCCNC2C1. The van der Waals surface area contributed by atoms with Crippen molar-refractivity contribution in [3.05, 3.63) is 29.6 Å². The number of nitrogens with one attached hydrogen (secondary N) is 1. The van der Waals surface area contributed by atoms with Crippen LogP contribution in [0.25, 0.3) is 0 Å². The molecule has 0 spiro atoms. The van der Waals surface area contributed by atoms with Gasteiger partial charge in [0.1, 0.15) is 11.6 Å². The lowest BCUT2D eigenvalue weighted by molar-refractivity contribution is 0.0782. The predicted octanol–water partition coefficient (Wildman–Crippen LogP) is 1.36. The summed E-state index contributed by atoms with van der Waals surface area (Å²) >= 11 is 0. The van der Waals surface area contributed by atoms with Gasteiger partial charge in [0.15, 0.2) is 0 Å². The number of phenols is 1. The van der Waals surface area contributed by atoms with E-state index < -0.39 is 5.82 Å². The van der Waals surface area contributed by atoms with Gasteiger partial charge in [-0.05, 0) is 43.5 Å². The van der Waals surface area contributed by atoms with Crippen LogP contribution in [0, 0.1) is 11.7 Å². The van der Waals surface area contributed by atoms with Gasteiger partial charge in [-0.15, -0.1) is 0 Å². The first-order valence-corrected chi connectivity index (χ1v) is 6.66.